The molecule has 268 valence electrons. The van der Waals surface area contributed by atoms with Crippen LogP contribution in [0.3, 0.4) is 0 Å². The molecule has 9 rings (SSSR count). The van der Waals surface area contributed by atoms with Crippen LogP contribution < -0.4 is 5.32 Å². The van der Waals surface area contributed by atoms with Crippen LogP contribution >= 0.6 is 0 Å². The molecular weight excluding hydrogens is 656 g/mol. The van der Waals surface area contributed by atoms with E-state index in [4.69, 9.17) is 14.7 Å². The van der Waals surface area contributed by atoms with E-state index in [-0.39, 0.29) is 36.0 Å². The minimum absolute atomic E-state index is 0.00930. The second-order valence-corrected chi connectivity index (χ2v) is 14.9. The molecule has 12 nitrogen and oxygen atoms in total. The highest BCUT2D eigenvalue weighted by molar-refractivity contribution is 5.88. The van der Waals surface area contributed by atoms with Crippen molar-refractivity contribution in [3.8, 4) is 22.3 Å². The van der Waals surface area contributed by atoms with Gasteiger partial charge < -0.3 is 29.8 Å². The van der Waals surface area contributed by atoms with Gasteiger partial charge in [0.05, 0.1) is 47.3 Å². The van der Waals surface area contributed by atoms with Crippen LogP contribution in [0.15, 0.2) is 60.7 Å². The Bertz CT molecular complexity index is 2180. The number of alkyl carbamates (subject to hydrolysis) is 1. The Labute approximate surface area is 301 Å². The van der Waals surface area contributed by atoms with Crippen molar-refractivity contribution < 1.29 is 19.1 Å². The number of imidazole rings is 2. The molecule has 0 spiro atoms. The van der Waals surface area contributed by atoms with E-state index in [1.54, 1.807) is 0 Å². The first-order valence-corrected chi connectivity index (χ1v) is 18.6. The Balaban J connectivity index is 0.914. The van der Waals surface area contributed by atoms with Gasteiger partial charge >= 0.3 is 6.09 Å². The Morgan fingerprint density at radius 3 is 1.96 bits per heavy atom. The first-order chi connectivity index (χ1) is 25.3. The highest BCUT2D eigenvalue weighted by Gasteiger charge is 2.45. The predicted molar refractivity (Wildman–Crippen MR) is 197 cm³/mol. The quantitative estimate of drug-likeness (QED) is 0.195. The molecule has 2 aromatic heterocycles. The standard InChI is InChI=1S/C40H44N8O4/c1-46-19-3-6-35(46)39(50)47-20-4-5-33(47)36-41-28-15-11-25(21-31(28)43-36)23-7-9-24(10-8-23)26-12-16-29-32(22-26)44-37(42-29)34-18-14-27-13-17-30(38(49)48(27)34)45-40(51)52-2/h7-12,15-16,21-22,27,30,33-35H,3-6,13-14,17-20H2,1-2H3,(H,41,43)(H,42,44)(H,45,51)/t27-,30-,33-,34-,35+/m0/s1. The van der Waals surface area contributed by atoms with E-state index in [9.17, 15) is 14.4 Å². The lowest BCUT2D eigenvalue weighted by atomic mass is 9.98. The van der Waals surface area contributed by atoms with Gasteiger partial charge in [-0.25, -0.2) is 14.8 Å². The molecule has 6 heterocycles. The molecule has 12 heteroatoms. The lowest BCUT2D eigenvalue weighted by molar-refractivity contribution is -0.139. The summed E-state index contributed by atoms with van der Waals surface area (Å²) in [5.41, 5.74) is 8.04. The maximum Gasteiger partial charge on any atom is 0.407 e. The number of hydrogen-bond acceptors (Lipinski definition) is 7. The number of aromatic amines is 2. The number of piperidine rings is 1. The number of carbonyl (C=O) groups is 3. The Morgan fingerprint density at radius 2 is 1.35 bits per heavy atom. The van der Waals surface area contributed by atoms with E-state index in [0.29, 0.717) is 6.42 Å². The largest absolute Gasteiger partial charge is 0.453 e. The van der Waals surface area contributed by atoms with Gasteiger partial charge in [-0.2, -0.15) is 0 Å². The third-order valence-electron chi connectivity index (χ3n) is 11.8. The van der Waals surface area contributed by atoms with Crippen molar-refractivity contribution in [1.82, 2.24) is 40.0 Å². The van der Waals surface area contributed by atoms with Gasteiger partial charge in [0, 0.05) is 12.6 Å². The topological polar surface area (TPSA) is 140 Å². The van der Waals surface area contributed by atoms with Crippen LogP contribution in [-0.4, -0.2) is 97.9 Å². The summed E-state index contributed by atoms with van der Waals surface area (Å²) in [5, 5.41) is 2.70. The Hall–Kier alpha value is -5.23. The molecule has 0 saturated carbocycles. The maximum atomic E-state index is 13.5. The van der Waals surface area contributed by atoms with Gasteiger partial charge in [-0.15, -0.1) is 0 Å². The number of methoxy groups -OCH3 is 1. The molecule has 4 aliphatic heterocycles. The minimum atomic E-state index is -0.585. The van der Waals surface area contributed by atoms with Crippen LogP contribution in [-0.2, 0) is 14.3 Å². The maximum absolute atomic E-state index is 13.5. The fourth-order valence-corrected chi connectivity index (χ4v) is 9.08. The first-order valence-electron chi connectivity index (χ1n) is 18.6. The number of likely N-dealkylation sites (tertiary alicyclic amines) is 2. The number of amides is 3. The molecule has 0 unspecified atom stereocenters. The first kappa shape index (κ1) is 32.7. The summed E-state index contributed by atoms with van der Waals surface area (Å²) >= 11 is 0. The molecule has 3 aromatic carbocycles. The SMILES string of the molecule is COC(=O)N[C@H]1CC[C@H]2CC[C@@H](c3nc4ccc(-c5ccc(-c6ccc7nc([C@@H]8CCCN8C(=O)[C@H]8CCCN8C)[nH]c7c6)cc5)cc4[nH]3)N2C1=O. The zero-order valence-corrected chi connectivity index (χ0v) is 29.6. The number of hydrogen-bond donors (Lipinski definition) is 3. The molecule has 5 aromatic rings. The molecule has 0 bridgehead atoms. The summed E-state index contributed by atoms with van der Waals surface area (Å²) in [4.78, 5) is 61.8. The molecule has 3 amide bonds. The fourth-order valence-electron chi connectivity index (χ4n) is 9.08. The van der Waals surface area contributed by atoms with E-state index in [1.165, 1.54) is 7.11 Å². The summed E-state index contributed by atoms with van der Waals surface area (Å²) in [6.07, 6.45) is 6.55. The molecule has 4 aliphatic rings. The third-order valence-corrected chi connectivity index (χ3v) is 11.8. The zero-order valence-electron chi connectivity index (χ0n) is 29.6. The van der Waals surface area contributed by atoms with Gasteiger partial charge in [-0.3, -0.25) is 14.5 Å². The van der Waals surface area contributed by atoms with Gasteiger partial charge in [0.2, 0.25) is 11.8 Å². The smallest absolute Gasteiger partial charge is 0.407 e. The number of nitrogens with zero attached hydrogens (tertiary/aromatic N) is 5. The van der Waals surface area contributed by atoms with Crippen LogP contribution in [0.4, 0.5) is 4.79 Å². The van der Waals surface area contributed by atoms with E-state index in [2.05, 4.69) is 81.8 Å². The van der Waals surface area contributed by atoms with Gasteiger partial charge in [0.15, 0.2) is 0 Å². The number of rotatable bonds is 6. The second kappa shape index (κ2) is 13.1. The average Bonchev–Trinajstić information content (AvgIpc) is 4.01. The molecule has 0 aliphatic carbocycles. The number of ether oxygens (including phenoxy) is 1. The molecule has 4 fully saturated rings. The fraction of sp³-hybridized carbons (Fsp3) is 0.425. The van der Waals surface area contributed by atoms with Crippen molar-refractivity contribution in [3.05, 3.63) is 72.3 Å². The van der Waals surface area contributed by atoms with Gasteiger partial charge in [-0.1, -0.05) is 36.4 Å². The molecule has 4 saturated heterocycles. The number of fused-ring (bicyclic) bond motifs is 3. The normalized spacial score (nSPS) is 25.0. The van der Waals surface area contributed by atoms with Gasteiger partial charge in [-0.05, 0) is 111 Å². The van der Waals surface area contributed by atoms with Crippen LogP contribution in [0.1, 0.15) is 75.1 Å². The summed E-state index contributed by atoms with van der Waals surface area (Å²) in [7, 11) is 3.36. The van der Waals surface area contributed by atoms with Crippen molar-refractivity contribution in [2.24, 2.45) is 0 Å². The number of benzene rings is 3. The minimum Gasteiger partial charge on any atom is -0.453 e. The van der Waals surface area contributed by atoms with E-state index in [1.807, 2.05) is 15.9 Å². The van der Waals surface area contributed by atoms with E-state index in [0.717, 1.165) is 114 Å². The summed E-state index contributed by atoms with van der Waals surface area (Å²) < 4.78 is 4.74. The third kappa shape index (κ3) is 5.69. The zero-order chi connectivity index (χ0) is 35.5. The van der Waals surface area contributed by atoms with Crippen LogP contribution in [0, 0.1) is 0 Å². The van der Waals surface area contributed by atoms with Crippen LogP contribution in [0.2, 0.25) is 0 Å². The monoisotopic (exact) mass is 700 g/mol. The van der Waals surface area contributed by atoms with Gasteiger partial charge in [0.25, 0.3) is 0 Å². The number of likely N-dealkylation sites (N-methyl/N-ethyl adjacent to an activating group) is 1. The number of aromatic nitrogens is 4. The van der Waals surface area contributed by atoms with Crippen LogP contribution in [0.25, 0.3) is 44.3 Å². The molecule has 3 N–H and O–H groups in total. The average molecular weight is 701 g/mol. The Morgan fingerprint density at radius 1 is 0.750 bits per heavy atom. The van der Waals surface area contributed by atoms with Gasteiger partial charge in [0.1, 0.15) is 17.7 Å². The second-order valence-electron chi connectivity index (χ2n) is 14.9. The highest BCUT2D eigenvalue weighted by Crippen LogP contribution is 2.41. The Kier molecular flexibility index (Phi) is 8.21. The number of nitrogens with one attached hydrogen (secondary N) is 3. The highest BCUT2D eigenvalue weighted by atomic mass is 16.5. The molecule has 52 heavy (non-hydrogen) atoms. The van der Waals surface area contributed by atoms with E-state index >= 15 is 0 Å². The molecule has 5 atom stereocenters. The number of carbonyl (C=O) groups excluding carboxylic acids is 3. The molecular formula is C40H44N8O4. The summed E-state index contributed by atoms with van der Waals surface area (Å²) in [6, 6.07) is 20.5. The lowest BCUT2D eigenvalue weighted by Crippen LogP contribution is -2.54. The van der Waals surface area contributed by atoms with E-state index < -0.39 is 12.1 Å². The van der Waals surface area contributed by atoms with Crippen molar-refractivity contribution in [3.63, 3.8) is 0 Å². The van der Waals surface area contributed by atoms with Crippen molar-refractivity contribution >= 4 is 40.0 Å². The number of H-pyrrole nitrogens is 2. The summed E-state index contributed by atoms with van der Waals surface area (Å²) in [5.74, 6) is 1.82. The predicted octanol–water partition coefficient (Wildman–Crippen LogP) is 6.08. The van der Waals surface area contributed by atoms with Crippen molar-refractivity contribution in [2.45, 2.75) is 81.6 Å². The summed E-state index contributed by atoms with van der Waals surface area (Å²) in [6.45, 7) is 1.77. The molecule has 0 radical (unpaired) electrons. The van der Waals surface area contributed by atoms with Crippen LogP contribution in [0.5, 0.6) is 0 Å². The van der Waals surface area contributed by atoms with Crippen molar-refractivity contribution in [2.75, 3.05) is 27.2 Å². The lowest BCUT2D eigenvalue weighted by Gasteiger charge is -2.37. The van der Waals surface area contributed by atoms with Crippen molar-refractivity contribution in [1.29, 1.82) is 0 Å².